The molecule has 0 aliphatic heterocycles. The van der Waals surface area contributed by atoms with Crippen molar-refractivity contribution in [3.8, 4) is 11.1 Å². The van der Waals surface area contributed by atoms with Crippen molar-refractivity contribution in [2.45, 2.75) is 98.0 Å². The van der Waals surface area contributed by atoms with Gasteiger partial charge in [0, 0.05) is 0 Å². The molecule has 1 unspecified atom stereocenters. The third kappa shape index (κ3) is 5.82. The molecule has 43 heavy (non-hydrogen) atoms. The number of rotatable bonds is 4. The van der Waals surface area contributed by atoms with Crippen molar-refractivity contribution in [2.75, 3.05) is 0 Å². The third-order valence-electron chi connectivity index (χ3n) is 10.4. The van der Waals surface area contributed by atoms with E-state index in [4.69, 9.17) is 4.21 Å². The second-order valence-corrected chi connectivity index (χ2v) is 30.0. The normalized spacial score (nSPS) is 16.9. The van der Waals surface area contributed by atoms with Crippen LogP contribution < -0.4 is 6.54 Å². The van der Waals surface area contributed by atoms with Crippen molar-refractivity contribution in [3.63, 3.8) is 0 Å². The molecular formula is C40H54Cl2Zr. The molecular weight excluding hydrogens is 643 g/mol. The van der Waals surface area contributed by atoms with Crippen LogP contribution in [0.2, 0.25) is 4.63 Å². The number of benzene rings is 3. The van der Waals surface area contributed by atoms with Crippen LogP contribution in [-0.4, -0.2) is 4.21 Å². The number of halogens is 2. The van der Waals surface area contributed by atoms with Gasteiger partial charge in [-0.3, -0.25) is 0 Å². The second kappa shape index (κ2) is 11.7. The van der Waals surface area contributed by atoms with Crippen LogP contribution in [0.1, 0.15) is 97.1 Å². The van der Waals surface area contributed by atoms with Crippen LogP contribution >= 0.6 is 24.8 Å². The second-order valence-electron chi connectivity index (χ2n) is 16.1. The molecule has 0 N–H and O–H groups in total. The van der Waals surface area contributed by atoms with Gasteiger partial charge < -0.3 is 0 Å². The van der Waals surface area contributed by atoms with Crippen molar-refractivity contribution >= 4 is 35.6 Å². The summed E-state index contributed by atoms with van der Waals surface area (Å²) in [4.78, 5) is 0. The predicted molar refractivity (Wildman–Crippen MR) is 195 cm³/mol. The molecule has 1 atom stereocenters. The van der Waals surface area contributed by atoms with E-state index in [2.05, 4.69) is 141 Å². The van der Waals surface area contributed by atoms with E-state index in [0.717, 1.165) is 6.42 Å². The van der Waals surface area contributed by atoms with Gasteiger partial charge in [-0.1, -0.05) is 0 Å². The summed E-state index contributed by atoms with van der Waals surface area (Å²) in [6.07, 6.45) is 3.56. The molecule has 0 spiro atoms. The first-order valence-electron chi connectivity index (χ1n) is 15.7. The number of hydrogen-bond donors (Lipinski definition) is 0. The minimum absolute atomic E-state index is 0. The van der Waals surface area contributed by atoms with Gasteiger partial charge in [0.1, 0.15) is 0 Å². The first-order chi connectivity index (χ1) is 18.8. The van der Waals surface area contributed by atoms with E-state index in [1.54, 1.807) is 6.55 Å². The standard InChI is InChI=1S/C21H25.C10H15.C7H7.CH3.CH2.2ClH.Zr/c1-20(2,3)16-9-7-14-11-15-8-10-17(21(4,5)6)13-19(15)18(14)12-16;1-7(2)10-6-8(3)5-9(10)4;1-7-5-3-2-4-6-7;;;;;/h7,9-10,12-13H,11H2,1-6H3;6-8H,1-4H3;3-6H,1H3;1H3;1H2;2*1H;. The molecule has 2 aliphatic rings. The molecule has 0 aromatic heterocycles. The Hall–Kier alpha value is -1.53. The molecule has 232 valence electrons. The summed E-state index contributed by atoms with van der Waals surface area (Å²) < 4.78 is 12.9. The van der Waals surface area contributed by atoms with Gasteiger partial charge in [-0.25, -0.2) is 0 Å². The van der Waals surface area contributed by atoms with Crippen LogP contribution in [0.5, 0.6) is 0 Å². The molecule has 0 saturated heterocycles. The minimum atomic E-state index is -4.39. The van der Waals surface area contributed by atoms with E-state index in [9.17, 15) is 0 Å². The predicted octanol–water partition coefficient (Wildman–Crippen LogP) is 10.6. The summed E-state index contributed by atoms with van der Waals surface area (Å²) in [5, 5.41) is 0. The van der Waals surface area contributed by atoms with Crippen LogP contribution in [0, 0.1) is 18.8 Å². The van der Waals surface area contributed by atoms with Crippen molar-refractivity contribution < 1.29 is 18.3 Å². The van der Waals surface area contributed by atoms with Crippen molar-refractivity contribution in [1.82, 2.24) is 0 Å². The number of allylic oxidation sites excluding steroid dienone is 4. The van der Waals surface area contributed by atoms with E-state index in [0.29, 0.717) is 11.8 Å². The quantitative estimate of drug-likeness (QED) is 0.199. The molecule has 5 rings (SSSR count). The van der Waals surface area contributed by atoms with Crippen LogP contribution in [-0.2, 0) is 35.5 Å². The Morgan fingerprint density at radius 3 is 1.86 bits per heavy atom. The first kappa shape index (κ1) is 35.9. The molecule has 3 heteroatoms. The molecule has 0 saturated carbocycles. The van der Waals surface area contributed by atoms with Gasteiger partial charge in [-0.2, -0.15) is 0 Å². The van der Waals surface area contributed by atoms with E-state index < -0.39 is 18.3 Å². The molecule has 0 amide bonds. The van der Waals surface area contributed by atoms with Crippen LogP contribution in [0.25, 0.3) is 11.1 Å². The third-order valence-corrected chi connectivity index (χ3v) is 25.4. The Balaban J connectivity index is 0.00000253. The van der Waals surface area contributed by atoms with Gasteiger partial charge in [-0.15, -0.1) is 24.8 Å². The molecule has 3 aromatic rings. The summed E-state index contributed by atoms with van der Waals surface area (Å²) in [5.74, 6) is 0.908. The summed E-state index contributed by atoms with van der Waals surface area (Å²) in [6.45, 7) is 25.8. The van der Waals surface area contributed by atoms with Crippen LogP contribution in [0.15, 0.2) is 75.1 Å². The number of aryl methyl sites for hydroxylation is 1. The summed E-state index contributed by atoms with van der Waals surface area (Å²) in [6, 6.07) is 21.9. The molecule has 2 aliphatic carbocycles. The van der Waals surface area contributed by atoms with Gasteiger partial charge in [-0.05, 0) is 0 Å². The Morgan fingerprint density at radius 2 is 1.35 bits per heavy atom. The zero-order valence-corrected chi connectivity index (χ0v) is 32.7. The number of fused-ring (bicyclic) bond motifs is 3. The fourth-order valence-corrected chi connectivity index (χ4v) is 22.8. The van der Waals surface area contributed by atoms with E-state index in [-0.39, 0.29) is 35.6 Å². The van der Waals surface area contributed by atoms with Crippen molar-refractivity contribution in [1.29, 1.82) is 0 Å². The average Bonchev–Trinajstić information content (AvgIpc) is 3.39. The fourth-order valence-electron chi connectivity index (χ4n) is 7.96. The van der Waals surface area contributed by atoms with Crippen molar-refractivity contribution in [2.24, 2.45) is 11.8 Å². The van der Waals surface area contributed by atoms with E-state index in [1.807, 2.05) is 0 Å². The van der Waals surface area contributed by atoms with Crippen LogP contribution in [0.3, 0.4) is 0 Å². The van der Waals surface area contributed by atoms with Crippen molar-refractivity contribution in [3.05, 3.63) is 103 Å². The summed E-state index contributed by atoms with van der Waals surface area (Å²) >= 11 is -4.39. The fraction of sp³-hybridized carbons (Fsp3) is 0.425. The Kier molecular flexibility index (Phi) is 9.77. The molecule has 0 nitrogen and oxygen atoms in total. The SMILES string of the molecule is Cl.Cl.[CH2]=[Zr]([CH3])([C]1=C(C)C(C(C)C)=CC1C)([c]1ccc(C)cc1)[c]1cc(C(C)(C)C)cc2c1Cc1ccc(C(C)(C)C)cc1-2. The van der Waals surface area contributed by atoms with Gasteiger partial charge in [0.25, 0.3) is 0 Å². The first-order valence-corrected chi connectivity index (χ1v) is 23.6. The molecule has 0 heterocycles. The Bertz CT molecular complexity index is 1680. The zero-order chi connectivity index (χ0) is 30.3. The van der Waals surface area contributed by atoms with Gasteiger partial charge in [0.05, 0.1) is 0 Å². The Labute approximate surface area is 275 Å². The maximum atomic E-state index is 5.59. The van der Waals surface area contributed by atoms with Gasteiger partial charge in [0.2, 0.25) is 0 Å². The molecule has 3 aromatic carbocycles. The summed E-state index contributed by atoms with van der Waals surface area (Å²) in [7, 11) is 0. The zero-order valence-electron chi connectivity index (χ0n) is 28.7. The molecule has 0 bridgehead atoms. The monoisotopic (exact) mass is 694 g/mol. The molecule has 0 radical (unpaired) electrons. The number of hydrogen-bond acceptors (Lipinski definition) is 0. The molecule has 0 fully saturated rings. The summed E-state index contributed by atoms with van der Waals surface area (Å²) in [5.41, 5.74) is 13.2. The van der Waals surface area contributed by atoms with E-state index in [1.165, 1.54) is 53.4 Å². The van der Waals surface area contributed by atoms with Gasteiger partial charge >= 0.3 is 253 Å². The van der Waals surface area contributed by atoms with E-state index >= 15 is 0 Å². The van der Waals surface area contributed by atoms with Gasteiger partial charge in [0.15, 0.2) is 0 Å². The Morgan fingerprint density at radius 1 is 0.791 bits per heavy atom. The average molecular weight is 697 g/mol. The maximum absolute atomic E-state index is 5.59. The topological polar surface area (TPSA) is 0 Å². The van der Waals surface area contributed by atoms with Crippen LogP contribution in [0.4, 0.5) is 0 Å².